The molecule has 1 amide bonds. The van der Waals surface area contributed by atoms with Gasteiger partial charge in [-0.3, -0.25) is 4.79 Å². The number of hydrogen-bond donors (Lipinski definition) is 1. The third kappa shape index (κ3) is 2.59. The molecule has 0 bridgehead atoms. The van der Waals surface area contributed by atoms with Gasteiger partial charge < -0.3 is 15.4 Å². The minimum Gasteiger partial charge on any atom is -0.374 e. The van der Waals surface area contributed by atoms with Gasteiger partial charge in [0.2, 0.25) is 0 Å². The van der Waals surface area contributed by atoms with Gasteiger partial charge in [0.05, 0.1) is 35.1 Å². The molecule has 0 spiro atoms. The van der Waals surface area contributed by atoms with E-state index in [-0.39, 0.29) is 18.1 Å². The lowest BCUT2D eigenvalue weighted by atomic mass is 10.1. The number of hydrogen-bond acceptors (Lipinski definition) is 4. The first-order chi connectivity index (χ1) is 9.79. The van der Waals surface area contributed by atoms with Gasteiger partial charge in [-0.2, -0.15) is 0 Å². The van der Waals surface area contributed by atoms with E-state index in [0.717, 1.165) is 29.0 Å². The molecule has 1 aromatic rings. The molecule has 4 nitrogen and oxygen atoms in total. The highest BCUT2D eigenvalue weighted by Crippen LogP contribution is 2.31. The Balaban J connectivity index is 1.76. The molecule has 106 valence electrons. The predicted octanol–water partition coefficient (Wildman–Crippen LogP) is 1.45. The zero-order valence-corrected chi connectivity index (χ0v) is 12.1. The minimum absolute atomic E-state index is 0.121. The average molecular weight is 290 g/mol. The maximum atomic E-state index is 12.6. The van der Waals surface area contributed by atoms with Crippen LogP contribution in [0.4, 0.5) is 0 Å². The van der Waals surface area contributed by atoms with Crippen LogP contribution in [-0.2, 0) is 4.74 Å². The van der Waals surface area contributed by atoms with Crippen LogP contribution in [0.1, 0.15) is 33.8 Å². The van der Waals surface area contributed by atoms with Gasteiger partial charge in [-0.25, -0.2) is 0 Å². The maximum Gasteiger partial charge on any atom is 0.264 e. The Morgan fingerprint density at radius 1 is 1.50 bits per heavy atom. The van der Waals surface area contributed by atoms with Crippen LogP contribution in [-0.4, -0.2) is 42.6 Å². The molecule has 0 aromatic carbocycles. The van der Waals surface area contributed by atoms with Crippen molar-refractivity contribution in [1.82, 2.24) is 4.90 Å². The van der Waals surface area contributed by atoms with Crippen LogP contribution in [0, 0.1) is 11.8 Å². The molecule has 2 aliphatic rings. The van der Waals surface area contributed by atoms with Crippen molar-refractivity contribution in [3.8, 4) is 11.8 Å². The summed E-state index contributed by atoms with van der Waals surface area (Å²) in [7, 11) is 0. The number of amides is 1. The smallest absolute Gasteiger partial charge is 0.264 e. The molecule has 2 N–H and O–H groups in total. The van der Waals surface area contributed by atoms with Crippen molar-refractivity contribution in [2.45, 2.75) is 31.4 Å². The fraction of sp³-hybridized carbons (Fsp3) is 0.533. The molecule has 20 heavy (non-hydrogen) atoms. The van der Waals surface area contributed by atoms with Crippen LogP contribution in [0.5, 0.6) is 0 Å². The Bertz CT molecular complexity index is 558. The molecule has 3 rings (SSSR count). The zero-order chi connectivity index (χ0) is 13.9. The Labute approximate surface area is 122 Å². The summed E-state index contributed by atoms with van der Waals surface area (Å²) >= 11 is 1.45. The summed E-state index contributed by atoms with van der Waals surface area (Å²) in [4.78, 5) is 16.3. The lowest BCUT2D eigenvalue weighted by Gasteiger charge is -2.37. The monoisotopic (exact) mass is 290 g/mol. The Hall–Kier alpha value is -1.35. The average Bonchev–Trinajstić information content (AvgIpc) is 3.12. The third-order valence-electron chi connectivity index (χ3n) is 3.87. The maximum absolute atomic E-state index is 12.6. The van der Waals surface area contributed by atoms with Crippen LogP contribution >= 0.6 is 11.3 Å². The number of fused-ring (bicyclic) bond motifs is 1. The SMILES string of the molecule is NCC#Cc1ccc(C(=O)N2CCOC3CCCC32)s1. The molecule has 2 unspecified atom stereocenters. The molecule has 1 aliphatic heterocycles. The Morgan fingerprint density at radius 3 is 3.25 bits per heavy atom. The van der Waals surface area contributed by atoms with Gasteiger partial charge in [0.1, 0.15) is 0 Å². The number of ether oxygens (including phenoxy) is 1. The van der Waals surface area contributed by atoms with Gasteiger partial charge in [-0.1, -0.05) is 11.8 Å². The number of carbonyl (C=O) groups excluding carboxylic acids is 1. The zero-order valence-electron chi connectivity index (χ0n) is 11.3. The van der Waals surface area contributed by atoms with Crippen molar-refractivity contribution in [3.63, 3.8) is 0 Å². The molecule has 1 saturated carbocycles. The number of nitrogens with zero attached hydrogens (tertiary/aromatic N) is 1. The minimum atomic E-state index is 0.121. The van der Waals surface area contributed by atoms with Crippen LogP contribution < -0.4 is 5.73 Å². The van der Waals surface area contributed by atoms with Gasteiger partial charge in [0.15, 0.2) is 0 Å². The number of carbonyl (C=O) groups is 1. The van der Waals surface area contributed by atoms with Crippen molar-refractivity contribution in [2.75, 3.05) is 19.7 Å². The first kappa shape index (κ1) is 13.6. The van der Waals surface area contributed by atoms with Gasteiger partial charge in [-0.15, -0.1) is 11.3 Å². The van der Waals surface area contributed by atoms with E-state index in [9.17, 15) is 4.79 Å². The highest BCUT2D eigenvalue weighted by molar-refractivity contribution is 7.14. The quantitative estimate of drug-likeness (QED) is 0.797. The fourth-order valence-corrected chi connectivity index (χ4v) is 3.81. The molecule has 0 radical (unpaired) electrons. The molecular weight excluding hydrogens is 272 g/mol. The fourth-order valence-electron chi connectivity index (χ4n) is 2.98. The molecular formula is C15H18N2O2S. The van der Waals surface area contributed by atoms with Crippen LogP contribution in [0.15, 0.2) is 12.1 Å². The number of morpholine rings is 1. The molecule has 2 fully saturated rings. The van der Waals surface area contributed by atoms with E-state index in [4.69, 9.17) is 10.5 Å². The van der Waals surface area contributed by atoms with Gasteiger partial charge in [0.25, 0.3) is 5.91 Å². The standard InChI is InChI=1S/C15H18N2O2S/c16-8-2-3-11-6-7-14(20-11)15(18)17-9-10-19-13-5-1-4-12(13)17/h6-7,12-13H,1,4-5,8-10,16H2. The second kappa shape index (κ2) is 5.96. The van der Waals surface area contributed by atoms with E-state index in [0.29, 0.717) is 19.7 Å². The molecule has 2 atom stereocenters. The molecule has 2 heterocycles. The van der Waals surface area contributed by atoms with Gasteiger partial charge in [-0.05, 0) is 31.4 Å². The Morgan fingerprint density at radius 2 is 2.40 bits per heavy atom. The van der Waals surface area contributed by atoms with Crippen molar-refractivity contribution < 1.29 is 9.53 Å². The number of nitrogens with two attached hydrogens (primary N) is 1. The van der Waals surface area contributed by atoms with E-state index in [1.807, 2.05) is 17.0 Å². The van der Waals surface area contributed by atoms with E-state index in [2.05, 4.69) is 11.8 Å². The van der Waals surface area contributed by atoms with Crippen LogP contribution in [0.25, 0.3) is 0 Å². The molecule has 1 saturated heterocycles. The summed E-state index contributed by atoms with van der Waals surface area (Å²) in [5, 5.41) is 0. The van der Waals surface area contributed by atoms with Crippen molar-refractivity contribution >= 4 is 17.2 Å². The third-order valence-corrected chi connectivity index (χ3v) is 4.86. The van der Waals surface area contributed by atoms with Crippen molar-refractivity contribution in [3.05, 3.63) is 21.9 Å². The Kier molecular flexibility index (Phi) is 4.06. The lowest BCUT2D eigenvalue weighted by Crippen LogP contribution is -2.51. The van der Waals surface area contributed by atoms with E-state index in [1.165, 1.54) is 11.3 Å². The number of rotatable bonds is 1. The first-order valence-electron chi connectivity index (χ1n) is 7.01. The summed E-state index contributed by atoms with van der Waals surface area (Å²) < 4.78 is 5.75. The highest BCUT2D eigenvalue weighted by Gasteiger charge is 2.38. The predicted molar refractivity (Wildman–Crippen MR) is 78.7 cm³/mol. The molecule has 1 aromatic heterocycles. The first-order valence-corrected chi connectivity index (χ1v) is 7.82. The van der Waals surface area contributed by atoms with Crippen molar-refractivity contribution in [1.29, 1.82) is 0 Å². The van der Waals surface area contributed by atoms with E-state index < -0.39 is 0 Å². The summed E-state index contributed by atoms with van der Waals surface area (Å²) in [6.07, 6.45) is 3.52. The lowest BCUT2D eigenvalue weighted by molar-refractivity contribution is -0.0443. The van der Waals surface area contributed by atoms with Crippen LogP contribution in [0.2, 0.25) is 0 Å². The van der Waals surface area contributed by atoms with Crippen molar-refractivity contribution in [2.24, 2.45) is 5.73 Å². The van der Waals surface area contributed by atoms with E-state index in [1.54, 1.807) is 0 Å². The molecule has 1 aliphatic carbocycles. The number of thiophene rings is 1. The van der Waals surface area contributed by atoms with E-state index >= 15 is 0 Å². The largest absolute Gasteiger partial charge is 0.374 e. The molecule has 5 heteroatoms. The highest BCUT2D eigenvalue weighted by atomic mass is 32.1. The second-order valence-corrected chi connectivity index (χ2v) is 6.16. The summed E-state index contributed by atoms with van der Waals surface area (Å²) in [5.41, 5.74) is 5.36. The summed E-state index contributed by atoms with van der Waals surface area (Å²) in [6.45, 7) is 1.69. The second-order valence-electron chi connectivity index (χ2n) is 5.08. The van der Waals surface area contributed by atoms with Crippen LogP contribution in [0.3, 0.4) is 0 Å². The summed E-state index contributed by atoms with van der Waals surface area (Å²) in [6, 6.07) is 4.03. The topological polar surface area (TPSA) is 55.6 Å². The summed E-state index contributed by atoms with van der Waals surface area (Å²) in [5.74, 6) is 5.91. The van der Waals surface area contributed by atoms with Gasteiger partial charge in [0, 0.05) is 6.54 Å². The normalized spacial score (nSPS) is 24.9. The van der Waals surface area contributed by atoms with Gasteiger partial charge >= 0.3 is 0 Å².